The van der Waals surface area contributed by atoms with Gasteiger partial charge < -0.3 is 10.1 Å². The number of rotatable bonds is 5. The fourth-order valence-corrected chi connectivity index (χ4v) is 1.53. The summed E-state index contributed by atoms with van der Waals surface area (Å²) in [5, 5.41) is 7.04. The van der Waals surface area contributed by atoms with Gasteiger partial charge in [0.25, 0.3) is 0 Å². The number of ether oxygens (including phenoxy) is 1. The molecule has 0 fully saturated rings. The minimum absolute atomic E-state index is 0.313. The van der Waals surface area contributed by atoms with E-state index in [-0.39, 0.29) is 5.82 Å². The van der Waals surface area contributed by atoms with Gasteiger partial charge in [-0.05, 0) is 12.1 Å². The summed E-state index contributed by atoms with van der Waals surface area (Å²) < 4.78 is 20.2. The summed E-state index contributed by atoms with van der Waals surface area (Å²) in [7, 11) is 1.55. The predicted octanol–water partition coefficient (Wildman–Crippen LogP) is 2.74. The molecule has 18 heavy (non-hydrogen) atoms. The molecule has 1 aromatic carbocycles. The smallest absolute Gasteiger partial charge is 0.146 e. The Labute approximate surface area is 105 Å². The van der Waals surface area contributed by atoms with Crippen molar-refractivity contribution in [1.29, 1.82) is 0 Å². The number of aromatic nitrogens is 2. The molecule has 0 radical (unpaired) electrons. The first kappa shape index (κ1) is 12.2. The van der Waals surface area contributed by atoms with Crippen molar-refractivity contribution < 1.29 is 9.13 Å². The normalized spacial score (nSPS) is 10.1. The molecule has 0 spiro atoms. The number of nitrogens with one attached hydrogen (secondary N) is 1. The molecule has 1 N–H and O–H groups in total. The van der Waals surface area contributed by atoms with Crippen molar-refractivity contribution in [2.75, 3.05) is 12.4 Å². The molecule has 0 amide bonds. The zero-order valence-electron chi connectivity index (χ0n) is 10.1. The second-order valence-corrected chi connectivity index (χ2v) is 3.71. The third-order valence-electron chi connectivity index (χ3n) is 2.50. The Bertz CT molecular complexity index is 551. The van der Waals surface area contributed by atoms with Gasteiger partial charge in [-0.2, -0.15) is 5.10 Å². The van der Waals surface area contributed by atoms with Crippen molar-refractivity contribution in [3.8, 4) is 5.75 Å². The lowest BCUT2D eigenvalue weighted by Gasteiger charge is -2.08. The Balaban J connectivity index is 2.07. The number of benzene rings is 1. The largest absolute Gasteiger partial charge is 0.497 e. The van der Waals surface area contributed by atoms with Crippen LogP contribution in [0.4, 0.5) is 10.1 Å². The number of hydrogen-bond donors (Lipinski definition) is 1. The third kappa shape index (κ3) is 2.68. The molecule has 5 heteroatoms. The maximum Gasteiger partial charge on any atom is 0.146 e. The molecule has 0 saturated heterocycles. The number of nitrogens with zero attached hydrogens (tertiary/aromatic N) is 2. The van der Waals surface area contributed by atoms with Gasteiger partial charge in [0, 0.05) is 30.6 Å². The van der Waals surface area contributed by atoms with Crippen LogP contribution in [0, 0.1) is 5.82 Å². The summed E-state index contributed by atoms with van der Waals surface area (Å²) in [5.41, 5.74) is 1.35. The van der Waals surface area contributed by atoms with E-state index in [1.54, 1.807) is 36.3 Å². The van der Waals surface area contributed by atoms with Crippen LogP contribution >= 0.6 is 0 Å². The van der Waals surface area contributed by atoms with E-state index in [1.807, 2.05) is 6.20 Å². The molecule has 0 saturated carbocycles. The first-order valence-electron chi connectivity index (χ1n) is 5.46. The molecular weight excluding hydrogens is 233 g/mol. The van der Waals surface area contributed by atoms with Crippen LogP contribution in [0.1, 0.15) is 5.56 Å². The van der Waals surface area contributed by atoms with Crippen molar-refractivity contribution in [2.24, 2.45) is 0 Å². The maximum absolute atomic E-state index is 13.5. The van der Waals surface area contributed by atoms with E-state index in [0.29, 0.717) is 18.0 Å². The number of methoxy groups -OCH3 is 1. The summed E-state index contributed by atoms with van der Waals surface area (Å²) in [6.07, 6.45) is 5.11. The van der Waals surface area contributed by atoms with E-state index in [9.17, 15) is 4.39 Å². The van der Waals surface area contributed by atoms with E-state index in [1.165, 1.54) is 6.07 Å². The first-order valence-corrected chi connectivity index (χ1v) is 5.46. The highest BCUT2D eigenvalue weighted by molar-refractivity contribution is 5.49. The zero-order valence-corrected chi connectivity index (χ0v) is 10.1. The average molecular weight is 247 g/mol. The van der Waals surface area contributed by atoms with Gasteiger partial charge in [-0.25, -0.2) is 9.07 Å². The van der Waals surface area contributed by atoms with E-state index in [2.05, 4.69) is 17.0 Å². The van der Waals surface area contributed by atoms with Crippen LogP contribution < -0.4 is 10.1 Å². The fraction of sp³-hybridized carbons (Fsp3) is 0.154. The Morgan fingerprint density at radius 1 is 1.56 bits per heavy atom. The van der Waals surface area contributed by atoms with Crippen molar-refractivity contribution in [3.05, 3.63) is 48.6 Å². The molecule has 0 unspecified atom stereocenters. The second-order valence-electron chi connectivity index (χ2n) is 3.71. The Kier molecular flexibility index (Phi) is 3.62. The van der Waals surface area contributed by atoms with E-state index in [4.69, 9.17) is 4.74 Å². The lowest BCUT2D eigenvalue weighted by atomic mass is 10.2. The van der Waals surface area contributed by atoms with Gasteiger partial charge in [-0.1, -0.05) is 6.58 Å². The fourth-order valence-electron chi connectivity index (χ4n) is 1.53. The van der Waals surface area contributed by atoms with Crippen LogP contribution in [0.25, 0.3) is 6.20 Å². The highest BCUT2D eigenvalue weighted by Gasteiger charge is 2.04. The van der Waals surface area contributed by atoms with Gasteiger partial charge in [-0.3, -0.25) is 0 Å². The van der Waals surface area contributed by atoms with E-state index < -0.39 is 0 Å². The molecule has 4 nitrogen and oxygen atoms in total. The minimum atomic E-state index is -0.313. The summed E-state index contributed by atoms with van der Waals surface area (Å²) in [4.78, 5) is 0. The molecule has 1 heterocycles. The molecule has 0 bridgehead atoms. The van der Waals surface area contributed by atoms with Crippen LogP contribution in [0.5, 0.6) is 5.75 Å². The van der Waals surface area contributed by atoms with Crippen LogP contribution in [0.2, 0.25) is 0 Å². The summed E-state index contributed by atoms with van der Waals surface area (Å²) in [5.74, 6) is 0.299. The van der Waals surface area contributed by atoms with Crippen molar-refractivity contribution >= 4 is 11.9 Å². The van der Waals surface area contributed by atoms with Crippen LogP contribution in [-0.2, 0) is 6.54 Å². The van der Waals surface area contributed by atoms with Crippen molar-refractivity contribution in [1.82, 2.24) is 9.78 Å². The van der Waals surface area contributed by atoms with Crippen molar-refractivity contribution in [3.63, 3.8) is 0 Å². The topological polar surface area (TPSA) is 39.1 Å². The molecule has 0 aliphatic heterocycles. The molecule has 0 aliphatic carbocycles. The standard InChI is InChI=1S/C13H14FN3O/c1-3-17-9-10(8-16-17)7-15-13-6-11(18-2)4-5-12(13)14/h3-6,8-9,15H,1,7H2,2H3. The lowest BCUT2D eigenvalue weighted by molar-refractivity contribution is 0.414. The zero-order chi connectivity index (χ0) is 13.0. The van der Waals surface area contributed by atoms with Crippen LogP contribution in [-0.4, -0.2) is 16.9 Å². The minimum Gasteiger partial charge on any atom is -0.497 e. The Hall–Kier alpha value is -2.30. The summed E-state index contributed by atoms with van der Waals surface area (Å²) in [6, 6.07) is 4.57. The average Bonchev–Trinajstić information content (AvgIpc) is 2.86. The monoisotopic (exact) mass is 247 g/mol. The van der Waals surface area contributed by atoms with Crippen LogP contribution in [0.15, 0.2) is 37.2 Å². The van der Waals surface area contributed by atoms with Gasteiger partial charge in [0.1, 0.15) is 11.6 Å². The second kappa shape index (κ2) is 5.35. The molecule has 2 rings (SSSR count). The molecular formula is C13H14FN3O. The van der Waals surface area contributed by atoms with Crippen LogP contribution in [0.3, 0.4) is 0 Å². The highest BCUT2D eigenvalue weighted by Crippen LogP contribution is 2.21. The highest BCUT2D eigenvalue weighted by atomic mass is 19.1. The Morgan fingerprint density at radius 2 is 2.39 bits per heavy atom. The van der Waals surface area contributed by atoms with Gasteiger partial charge >= 0.3 is 0 Å². The predicted molar refractivity (Wildman–Crippen MR) is 68.9 cm³/mol. The third-order valence-corrected chi connectivity index (χ3v) is 2.50. The number of anilines is 1. The summed E-state index contributed by atoms with van der Waals surface area (Å²) in [6.45, 7) is 4.09. The molecule has 1 aromatic heterocycles. The van der Waals surface area contributed by atoms with Crippen molar-refractivity contribution in [2.45, 2.75) is 6.54 Å². The van der Waals surface area contributed by atoms with Gasteiger partial charge in [0.2, 0.25) is 0 Å². The lowest BCUT2D eigenvalue weighted by Crippen LogP contribution is -2.01. The first-order chi connectivity index (χ1) is 8.72. The van der Waals surface area contributed by atoms with Gasteiger partial charge in [-0.15, -0.1) is 0 Å². The summed E-state index contributed by atoms with van der Waals surface area (Å²) >= 11 is 0. The van der Waals surface area contributed by atoms with Gasteiger partial charge in [0.05, 0.1) is 19.0 Å². The van der Waals surface area contributed by atoms with E-state index in [0.717, 1.165) is 5.56 Å². The Morgan fingerprint density at radius 3 is 3.06 bits per heavy atom. The SMILES string of the molecule is C=Cn1cc(CNc2cc(OC)ccc2F)cn1. The molecule has 94 valence electrons. The number of halogens is 1. The molecule has 0 aliphatic rings. The quantitative estimate of drug-likeness (QED) is 0.883. The molecule has 0 atom stereocenters. The molecule has 2 aromatic rings. The maximum atomic E-state index is 13.5. The number of hydrogen-bond acceptors (Lipinski definition) is 3. The van der Waals surface area contributed by atoms with Gasteiger partial charge in [0.15, 0.2) is 0 Å². The van der Waals surface area contributed by atoms with E-state index >= 15 is 0 Å².